The van der Waals surface area contributed by atoms with Crippen LogP contribution < -0.4 is 5.32 Å². The van der Waals surface area contributed by atoms with E-state index in [1.807, 2.05) is 18.2 Å². The lowest BCUT2D eigenvalue weighted by molar-refractivity contribution is 0.492. The molecule has 0 saturated heterocycles. The second-order valence-electron chi connectivity index (χ2n) is 6.93. The summed E-state index contributed by atoms with van der Waals surface area (Å²) in [6.45, 7) is 3.14. The molecule has 0 radical (unpaired) electrons. The van der Waals surface area contributed by atoms with Crippen LogP contribution in [0, 0.1) is 6.92 Å². The van der Waals surface area contributed by atoms with E-state index in [-0.39, 0.29) is 6.04 Å². The molecule has 3 nitrogen and oxygen atoms in total. The molecular formula is C21H19ClN2O. The number of fused-ring (bicyclic) bond motifs is 4. The molecule has 126 valence electrons. The van der Waals surface area contributed by atoms with Crippen molar-refractivity contribution in [1.29, 1.82) is 0 Å². The molecule has 2 aromatic carbocycles. The first-order valence-electron chi connectivity index (χ1n) is 8.69. The van der Waals surface area contributed by atoms with Crippen LogP contribution in [-0.2, 0) is 12.8 Å². The summed E-state index contributed by atoms with van der Waals surface area (Å²) in [7, 11) is 0. The SMILES string of the molecule is Cc1ccc2[nH]c3c(c2c1)CCNC3Cc1cc(Cl)cc2ccoc12. The van der Waals surface area contributed by atoms with Crippen molar-refractivity contribution in [3.05, 3.63) is 70.1 Å². The number of halogens is 1. The molecule has 1 atom stereocenters. The zero-order valence-corrected chi connectivity index (χ0v) is 14.8. The Balaban J connectivity index is 1.60. The number of benzene rings is 2. The van der Waals surface area contributed by atoms with Crippen LogP contribution in [0.4, 0.5) is 0 Å². The van der Waals surface area contributed by atoms with Gasteiger partial charge < -0.3 is 14.7 Å². The molecule has 3 heterocycles. The number of hydrogen-bond acceptors (Lipinski definition) is 2. The van der Waals surface area contributed by atoms with Crippen molar-refractivity contribution in [3.8, 4) is 0 Å². The third-order valence-corrected chi connectivity index (χ3v) is 5.44. The van der Waals surface area contributed by atoms with Crippen LogP contribution in [0.3, 0.4) is 0 Å². The molecule has 1 aliphatic heterocycles. The fraction of sp³-hybridized carbons (Fsp3) is 0.238. The summed E-state index contributed by atoms with van der Waals surface area (Å²) < 4.78 is 5.71. The van der Waals surface area contributed by atoms with Crippen molar-refractivity contribution < 1.29 is 4.42 Å². The molecule has 1 unspecified atom stereocenters. The summed E-state index contributed by atoms with van der Waals surface area (Å²) in [6.07, 6.45) is 3.64. The van der Waals surface area contributed by atoms with E-state index in [0.29, 0.717) is 0 Å². The number of aromatic amines is 1. The Labute approximate surface area is 151 Å². The number of nitrogens with one attached hydrogen (secondary N) is 2. The normalized spacial score (nSPS) is 17.3. The zero-order chi connectivity index (χ0) is 17.0. The maximum atomic E-state index is 6.31. The van der Waals surface area contributed by atoms with Gasteiger partial charge in [-0.15, -0.1) is 0 Å². The molecule has 4 aromatic rings. The Kier molecular flexibility index (Phi) is 3.40. The maximum absolute atomic E-state index is 6.31. The van der Waals surface area contributed by atoms with E-state index in [4.69, 9.17) is 16.0 Å². The predicted octanol–water partition coefficient (Wildman–Crippen LogP) is 5.31. The van der Waals surface area contributed by atoms with Crippen LogP contribution in [0.1, 0.15) is 28.4 Å². The number of furan rings is 1. The largest absolute Gasteiger partial charge is 0.464 e. The van der Waals surface area contributed by atoms with Crippen molar-refractivity contribution in [2.24, 2.45) is 0 Å². The van der Waals surface area contributed by atoms with Crippen LogP contribution in [0.2, 0.25) is 5.02 Å². The summed E-state index contributed by atoms with van der Waals surface area (Å²) >= 11 is 6.31. The van der Waals surface area contributed by atoms with E-state index < -0.39 is 0 Å². The van der Waals surface area contributed by atoms with Crippen molar-refractivity contribution >= 4 is 33.5 Å². The number of aryl methyl sites for hydroxylation is 1. The lowest BCUT2D eigenvalue weighted by Gasteiger charge is -2.24. The van der Waals surface area contributed by atoms with Crippen LogP contribution in [0.15, 0.2) is 47.1 Å². The molecule has 0 aliphatic carbocycles. The van der Waals surface area contributed by atoms with Gasteiger partial charge >= 0.3 is 0 Å². The third-order valence-electron chi connectivity index (χ3n) is 5.23. The second-order valence-corrected chi connectivity index (χ2v) is 7.37. The van der Waals surface area contributed by atoms with Crippen LogP contribution >= 0.6 is 11.6 Å². The minimum absolute atomic E-state index is 0.239. The number of aromatic nitrogens is 1. The number of rotatable bonds is 2. The van der Waals surface area contributed by atoms with Gasteiger partial charge in [0.1, 0.15) is 5.58 Å². The minimum atomic E-state index is 0.239. The van der Waals surface area contributed by atoms with Crippen LogP contribution in [0.5, 0.6) is 0 Å². The zero-order valence-electron chi connectivity index (χ0n) is 14.0. The molecule has 25 heavy (non-hydrogen) atoms. The van der Waals surface area contributed by atoms with Crippen molar-refractivity contribution in [2.45, 2.75) is 25.8 Å². The van der Waals surface area contributed by atoms with E-state index >= 15 is 0 Å². The molecule has 1 aliphatic rings. The lowest BCUT2D eigenvalue weighted by atomic mass is 9.94. The molecule has 4 heteroatoms. The summed E-state index contributed by atoms with van der Waals surface area (Å²) in [5, 5.41) is 6.83. The lowest BCUT2D eigenvalue weighted by Crippen LogP contribution is -2.31. The Morgan fingerprint density at radius 1 is 1.20 bits per heavy atom. The predicted molar refractivity (Wildman–Crippen MR) is 102 cm³/mol. The Hall–Kier alpha value is -2.23. The highest BCUT2D eigenvalue weighted by molar-refractivity contribution is 6.31. The van der Waals surface area contributed by atoms with Crippen molar-refractivity contribution in [2.75, 3.05) is 6.54 Å². The topological polar surface area (TPSA) is 41.0 Å². The molecular weight excluding hydrogens is 332 g/mol. The monoisotopic (exact) mass is 350 g/mol. The molecule has 0 spiro atoms. The first-order chi connectivity index (χ1) is 12.2. The van der Waals surface area contributed by atoms with Crippen LogP contribution in [0.25, 0.3) is 21.9 Å². The Bertz CT molecular complexity index is 1090. The van der Waals surface area contributed by atoms with Gasteiger partial charge in [0.25, 0.3) is 0 Å². The number of hydrogen-bond donors (Lipinski definition) is 2. The maximum Gasteiger partial charge on any atom is 0.137 e. The highest BCUT2D eigenvalue weighted by atomic mass is 35.5. The van der Waals surface area contributed by atoms with E-state index in [0.717, 1.165) is 40.9 Å². The van der Waals surface area contributed by atoms with Gasteiger partial charge in [0, 0.05) is 27.0 Å². The molecule has 0 bridgehead atoms. The first-order valence-corrected chi connectivity index (χ1v) is 9.07. The highest BCUT2D eigenvalue weighted by Gasteiger charge is 2.25. The van der Waals surface area contributed by atoms with Gasteiger partial charge in [0.15, 0.2) is 0 Å². The van der Waals surface area contributed by atoms with Gasteiger partial charge in [-0.05, 0) is 67.8 Å². The molecule has 2 aromatic heterocycles. The Morgan fingerprint density at radius 2 is 2.12 bits per heavy atom. The van der Waals surface area contributed by atoms with E-state index in [9.17, 15) is 0 Å². The average molecular weight is 351 g/mol. The first kappa shape index (κ1) is 15.1. The van der Waals surface area contributed by atoms with E-state index in [1.165, 1.54) is 27.7 Å². The standard InChI is InChI=1S/C21H19ClN2O/c1-12-2-3-18-17(8-12)16-4-6-23-19(20(16)24-18)11-14-10-15(22)9-13-5-7-25-21(13)14/h2-3,5,7-10,19,23-24H,4,6,11H2,1H3. The highest BCUT2D eigenvalue weighted by Crippen LogP contribution is 2.34. The second kappa shape index (κ2) is 5.65. The quantitative estimate of drug-likeness (QED) is 0.514. The van der Waals surface area contributed by atoms with Gasteiger partial charge in [0.05, 0.1) is 12.3 Å². The van der Waals surface area contributed by atoms with Gasteiger partial charge in [-0.3, -0.25) is 0 Å². The van der Waals surface area contributed by atoms with Gasteiger partial charge in [0.2, 0.25) is 0 Å². The molecule has 0 amide bonds. The Morgan fingerprint density at radius 3 is 3.04 bits per heavy atom. The molecule has 5 rings (SSSR count). The van der Waals surface area contributed by atoms with Gasteiger partial charge in [-0.2, -0.15) is 0 Å². The van der Waals surface area contributed by atoms with E-state index in [1.54, 1.807) is 6.26 Å². The summed E-state index contributed by atoms with van der Waals surface area (Å²) in [5.74, 6) is 0. The smallest absolute Gasteiger partial charge is 0.137 e. The summed E-state index contributed by atoms with van der Waals surface area (Å²) in [4.78, 5) is 3.64. The van der Waals surface area contributed by atoms with E-state index in [2.05, 4.69) is 35.4 Å². The fourth-order valence-electron chi connectivity index (χ4n) is 4.08. The fourth-order valence-corrected chi connectivity index (χ4v) is 4.33. The van der Waals surface area contributed by atoms with Gasteiger partial charge in [-0.25, -0.2) is 0 Å². The van der Waals surface area contributed by atoms with Crippen molar-refractivity contribution in [3.63, 3.8) is 0 Å². The summed E-state index contributed by atoms with van der Waals surface area (Å²) in [5.41, 5.74) is 7.35. The molecule has 2 N–H and O–H groups in total. The third kappa shape index (κ3) is 2.46. The minimum Gasteiger partial charge on any atom is -0.464 e. The molecule has 0 saturated carbocycles. The van der Waals surface area contributed by atoms with Crippen LogP contribution in [-0.4, -0.2) is 11.5 Å². The number of H-pyrrole nitrogens is 1. The average Bonchev–Trinajstić information content (AvgIpc) is 3.19. The molecule has 0 fully saturated rings. The van der Waals surface area contributed by atoms with Crippen molar-refractivity contribution in [1.82, 2.24) is 10.3 Å². The van der Waals surface area contributed by atoms with Gasteiger partial charge in [-0.1, -0.05) is 23.2 Å². The summed E-state index contributed by atoms with van der Waals surface area (Å²) in [6, 6.07) is 12.8.